The first kappa shape index (κ1) is 14.2. The molecule has 0 saturated heterocycles. The molecule has 118 valence electrons. The summed E-state index contributed by atoms with van der Waals surface area (Å²) in [5.74, 6) is 0.246. The van der Waals surface area contributed by atoms with Crippen LogP contribution in [0, 0.1) is 0 Å². The lowest BCUT2D eigenvalue weighted by molar-refractivity contribution is 0.0927. The topological polar surface area (TPSA) is 98.0 Å². The third-order valence-electron chi connectivity index (χ3n) is 3.64. The number of carbonyl (C=O) groups is 1. The van der Waals surface area contributed by atoms with Crippen molar-refractivity contribution in [2.24, 2.45) is 0 Å². The van der Waals surface area contributed by atoms with Gasteiger partial charge in [0.15, 0.2) is 11.5 Å². The van der Waals surface area contributed by atoms with Crippen LogP contribution in [-0.4, -0.2) is 35.7 Å². The molecule has 0 aliphatic carbocycles. The fraction of sp³-hybridized carbons (Fsp3) is 0.125. The van der Waals surface area contributed by atoms with Crippen LogP contribution in [-0.2, 0) is 0 Å². The Kier molecular flexibility index (Phi) is 3.34. The second-order valence-corrected chi connectivity index (χ2v) is 5.31. The van der Waals surface area contributed by atoms with Crippen LogP contribution < -0.4 is 5.32 Å². The number of pyridine rings is 1. The fourth-order valence-electron chi connectivity index (χ4n) is 2.46. The van der Waals surface area contributed by atoms with Gasteiger partial charge in [0.2, 0.25) is 5.82 Å². The third kappa shape index (κ3) is 2.43. The number of nitrogens with zero attached hydrogens (tertiary/aromatic N) is 6. The van der Waals surface area contributed by atoms with Gasteiger partial charge in [-0.2, -0.15) is 0 Å². The quantitative estimate of drug-likeness (QED) is 0.615. The van der Waals surface area contributed by atoms with Gasteiger partial charge >= 0.3 is 0 Å². The molecule has 4 aromatic rings. The highest BCUT2D eigenvalue weighted by molar-refractivity contribution is 5.92. The molecular weight excluding hydrogens is 306 g/mol. The maximum atomic E-state index is 12.4. The van der Waals surface area contributed by atoms with Crippen molar-refractivity contribution in [2.45, 2.75) is 13.0 Å². The van der Waals surface area contributed by atoms with E-state index in [1.54, 1.807) is 12.1 Å². The van der Waals surface area contributed by atoms with Crippen molar-refractivity contribution in [2.75, 3.05) is 0 Å². The number of carbonyl (C=O) groups excluding carboxylic acids is 1. The summed E-state index contributed by atoms with van der Waals surface area (Å²) in [6.07, 6.45) is 1.85. The van der Waals surface area contributed by atoms with Crippen LogP contribution in [0.15, 0.2) is 48.7 Å². The molecule has 1 atom stereocenters. The normalized spacial score (nSPS) is 12.4. The van der Waals surface area contributed by atoms with E-state index in [0.29, 0.717) is 16.9 Å². The van der Waals surface area contributed by atoms with E-state index >= 15 is 0 Å². The van der Waals surface area contributed by atoms with Crippen LogP contribution in [0.1, 0.15) is 29.4 Å². The Balaban J connectivity index is 1.60. The van der Waals surface area contributed by atoms with Gasteiger partial charge in [0, 0.05) is 6.20 Å². The molecule has 4 rings (SSSR count). The van der Waals surface area contributed by atoms with Gasteiger partial charge in [-0.05, 0) is 31.2 Å². The smallest absolute Gasteiger partial charge is 0.291 e. The van der Waals surface area contributed by atoms with Crippen molar-refractivity contribution in [3.8, 4) is 0 Å². The number of nitrogens with one attached hydrogen (secondary N) is 1. The molecule has 0 bridgehead atoms. The summed E-state index contributed by atoms with van der Waals surface area (Å²) in [5, 5.41) is 18.9. The second kappa shape index (κ2) is 5.65. The number of benzene rings is 1. The van der Waals surface area contributed by atoms with Crippen molar-refractivity contribution in [1.29, 1.82) is 0 Å². The summed E-state index contributed by atoms with van der Waals surface area (Å²) in [7, 11) is 0. The van der Waals surface area contributed by atoms with E-state index in [2.05, 4.69) is 30.7 Å². The number of fused-ring (bicyclic) bond motifs is 2. The zero-order valence-electron chi connectivity index (χ0n) is 12.8. The summed E-state index contributed by atoms with van der Waals surface area (Å²) >= 11 is 0. The molecule has 0 radical (unpaired) electrons. The first-order valence-corrected chi connectivity index (χ1v) is 7.42. The summed E-state index contributed by atoms with van der Waals surface area (Å²) in [6, 6.07) is 12.5. The summed E-state index contributed by atoms with van der Waals surface area (Å²) in [6.45, 7) is 1.83. The molecule has 24 heavy (non-hydrogen) atoms. The fourth-order valence-corrected chi connectivity index (χ4v) is 2.46. The molecule has 3 aromatic heterocycles. The van der Waals surface area contributed by atoms with Gasteiger partial charge in [-0.15, -0.1) is 20.4 Å². The van der Waals surface area contributed by atoms with E-state index in [-0.39, 0.29) is 11.9 Å². The van der Waals surface area contributed by atoms with Gasteiger partial charge in [0.1, 0.15) is 5.52 Å². The minimum absolute atomic E-state index is 0.0226. The van der Waals surface area contributed by atoms with Gasteiger partial charge in [-0.25, -0.2) is 4.98 Å². The molecule has 3 heterocycles. The number of rotatable bonds is 3. The number of amides is 1. The van der Waals surface area contributed by atoms with E-state index in [4.69, 9.17) is 0 Å². The number of hydrogen-bond acceptors (Lipinski definition) is 6. The van der Waals surface area contributed by atoms with E-state index in [1.165, 1.54) is 0 Å². The molecule has 0 saturated carbocycles. The molecule has 0 fully saturated rings. The van der Waals surface area contributed by atoms with Gasteiger partial charge in [-0.3, -0.25) is 9.20 Å². The first-order chi connectivity index (χ1) is 11.7. The van der Waals surface area contributed by atoms with E-state index in [0.717, 1.165) is 5.65 Å². The Morgan fingerprint density at radius 2 is 1.79 bits per heavy atom. The molecule has 8 heteroatoms. The highest BCUT2D eigenvalue weighted by Crippen LogP contribution is 2.12. The highest BCUT2D eigenvalue weighted by Gasteiger charge is 2.18. The Labute approximate surface area is 136 Å². The third-order valence-corrected chi connectivity index (χ3v) is 3.64. The van der Waals surface area contributed by atoms with Crippen LogP contribution in [0.5, 0.6) is 0 Å². The predicted molar refractivity (Wildman–Crippen MR) is 86.2 cm³/mol. The van der Waals surface area contributed by atoms with Crippen molar-refractivity contribution in [1.82, 2.24) is 35.1 Å². The molecule has 0 aliphatic heterocycles. The average Bonchev–Trinajstić information content (AvgIpc) is 3.05. The Morgan fingerprint density at radius 3 is 2.67 bits per heavy atom. The van der Waals surface area contributed by atoms with Crippen molar-refractivity contribution in [3.63, 3.8) is 0 Å². The Bertz CT molecular complexity index is 1040. The van der Waals surface area contributed by atoms with E-state index < -0.39 is 5.91 Å². The lowest BCUT2D eigenvalue weighted by Gasteiger charge is -2.11. The SMILES string of the molecule is C[C@@H](NC(=O)c1nnc2ccccc2n1)c1nnc2ccccn12. The van der Waals surface area contributed by atoms with E-state index in [9.17, 15) is 4.79 Å². The lowest BCUT2D eigenvalue weighted by atomic mass is 10.3. The molecule has 1 aromatic carbocycles. The van der Waals surface area contributed by atoms with Gasteiger partial charge in [0.25, 0.3) is 5.91 Å². The predicted octanol–water partition coefficient (Wildman–Crippen LogP) is 1.56. The molecule has 1 amide bonds. The standard InChI is InChI=1S/C16H13N7O/c1-10(15-22-20-13-8-4-5-9-23(13)15)17-16(24)14-18-11-6-2-3-7-12(11)19-21-14/h2-10H,1H3,(H,17,24)/t10-/m1/s1. The summed E-state index contributed by atoms with van der Waals surface area (Å²) in [4.78, 5) is 16.6. The van der Waals surface area contributed by atoms with Crippen molar-refractivity contribution >= 4 is 22.6 Å². The molecule has 0 unspecified atom stereocenters. The highest BCUT2D eigenvalue weighted by atomic mass is 16.2. The second-order valence-electron chi connectivity index (χ2n) is 5.31. The van der Waals surface area contributed by atoms with E-state index in [1.807, 2.05) is 47.9 Å². The zero-order valence-corrected chi connectivity index (χ0v) is 12.8. The maximum absolute atomic E-state index is 12.4. The average molecular weight is 319 g/mol. The first-order valence-electron chi connectivity index (χ1n) is 7.42. The Morgan fingerprint density at radius 1 is 1.00 bits per heavy atom. The lowest BCUT2D eigenvalue weighted by Crippen LogP contribution is -2.29. The summed E-state index contributed by atoms with van der Waals surface area (Å²) < 4.78 is 1.82. The molecule has 1 N–H and O–H groups in total. The van der Waals surface area contributed by atoms with Gasteiger partial charge in [0.05, 0.1) is 11.6 Å². The van der Waals surface area contributed by atoms with Crippen molar-refractivity contribution in [3.05, 3.63) is 60.3 Å². The van der Waals surface area contributed by atoms with Crippen LogP contribution in [0.25, 0.3) is 16.7 Å². The van der Waals surface area contributed by atoms with Crippen LogP contribution in [0.3, 0.4) is 0 Å². The van der Waals surface area contributed by atoms with Crippen LogP contribution in [0.2, 0.25) is 0 Å². The van der Waals surface area contributed by atoms with Gasteiger partial charge in [-0.1, -0.05) is 18.2 Å². The largest absolute Gasteiger partial charge is 0.339 e. The molecule has 0 aliphatic rings. The summed E-state index contributed by atoms with van der Waals surface area (Å²) in [5.41, 5.74) is 1.99. The molecular formula is C16H13N7O. The van der Waals surface area contributed by atoms with Crippen molar-refractivity contribution < 1.29 is 4.79 Å². The monoisotopic (exact) mass is 319 g/mol. The van der Waals surface area contributed by atoms with Gasteiger partial charge < -0.3 is 5.32 Å². The molecule has 0 spiro atoms. The van der Waals surface area contributed by atoms with Crippen LogP contribution in [0.4, 0.5) is 0 Å². The molecule has 8 nitrogen and oxygen atoms in total. The number of aromatic nitrogens is 6. The number of para-hydroxylation sites is 1. The minimum Gasteiger partial charge on any atom is -0.339 e. The number of hydrogen-bond donors (Lipinski definition) is 1. The maximum Gasteiger partial charge on any atom is 0.291 e. The minimum atomic E-state index is -0.409. The zero-order chi connectivity index (χ0) is 16.5. The van der Waals surface area contributed by atoms with Crippen LogP contribution >= 0.6 is 0 Å². The Hall–Kier alpha value is -3.42.